The summed E-state index contributed by atoms with van der Waals surface area (Å²) in [5.74, 6) is -0.155. The normalized spacial score (nSPS) is 20.8. The van der Waals surface area contributed by atoms with Crippen molar-refractivity contribution in [1.82, 2.24) is 14.8 Å². The van der Waals surface area contributed by atoms with Crippen molar-refractivity contribution >= 4 is 28.1 Å². The number of benzene rings is 1. The molecule has 1 N–H and O–H groups in total. The van der Waals surface area contributed by atoms with Gasteiger partial charge in [-0.1, -0.05) is 41.6 Å². The maximum atomic E-state index is 13.4. The second-order valence-corrected chi connectivity index (χ2v) is 9.57. The number of aryl methyl sites for hydroxylation is 1. The van der Waals surface area contributed by atoms with Crippen LogP contribution in [0.25, 0.3) is 12.2 Å². The van der Waals surface area contributed by atoms with Crippen molar-refractivity contribution in [1.29, 1.82) is 0 Å². The predicted octanol–water partition coefficient (Wildman–Crippen LogP) is 2.83. The van der Waals surface area contributed by atoms with E-state index in [1.54, 1.807) is 19.1 Å². The van der Waals surface area contributed by atoms with Crippen molar-refractivity contribution in [3.63, 3.8) is 0 Å². The van der Waals surface area contributed by atoms with Crippen LogP contribution >= 0.6 is 0 Å². The minimum absolute atomic E-state index is 0.0429. The lowest BCUT2D eigenvalue weighted by Gasteiger charge is -2.31. The standard InChI is InChI=1S/C21H25N3O4S/c1-15-20(19(28-23-15)12-9-16-6-3-2-4-7-16)29(26,27)24-13-5-8-17(14-24)21(25)22-18-10-11-18/h2-4,6-7,9,12,17-18H,5,8,10-11,13-14H2,1H3,(H,22,25)/b12-9+/t17-/m1/s1. The molecule has 154 valence electrons. The molecule has 1 aromatic carbocycles. The second-order valence-electron chi connectivity index (χ2n) is 7.69. The third-order valence-corrected chi connectivity index (χ3v) is 7.36. The minimum atomic E-state index is -3.82. The zero-order valence-electron chi connectivity index (χ0n) is 16.4. The van der Waals surface area contributed by atoms with Crippen molar-refractivity contribution in [3.05, 3.63) is 47.3 Å². The van der Waals surface area contributed by atoms with Crippen molar-refractivity contribution in [2.75, 3.05) is 13.1 Å². The molecule has 7 nitrogen and oxygen atoms in total. The molecule has 29 heavy (non-hydrogen) atoms. The van der Waals surface area contributed by atoms with E-state index in [9.17, 15) is 13.2 Å². The molecule has 0 unspecified atom stereocenters. The van der Waals surface area contributed by atoms with Gasteiger partial charge in [-0.3, -0.25) is 4.79 Å². The van der Waals surface area contributed by atoms with E-state index in [0.29, 0.717) is 25.1 Å². The number of carbonyl (C=O) groups excluding carboxylic acids is 1. The van der Waals surface area contributed by atoms with Crippen LogP contribution in [-0.2, 0) is 14.8 Å². The summed E-state index contributed by atoms with van der Waals surface area (Å²) < 4.78 is 33.4. The molecule has 1 saturated carbocycles. The summed E-state index contributed by atoms with van der Waals surface area (Å²) in [5, 5.41) is 6.87. The Hall–Kier alpha value is -2.45. The molecular formula is C21H25N3O4S. The van der Waals surface area contributed by atoms with Crippen LogP contribution in [0.2, 0.25) is 0 Å². The van der Waals surface area contributed by atoms with E-state index in [1.165, 1.54) is 4.31 Å². The number of amides is 1. The van der Waals surface area contributed by atoms with E-state index in [0.717, 1.165) is 18.4 Å². The van der Waals surface area contributed by atoms with Gasteiger partial charge in [0, 0.05) is 19.1 Å². The molecule has 1 aromatic heterocycles. The van der Waals surface area contributed by atoms with Crippen molar-refractivity contribution in [3.8, 4) is 0 Å². The van der Waals surface area contributed by atoms with Gasteiger partial charge in [0.15, 0.2) is 10.7 Å². The van der Waals surface area contributed by atoms with Gasteiger partial charge in [0.1, 0.15) is 5.69 Å². The lowest BCUT2D eigenvalue weighted by Crippen LogP contribution is -2.46. The number of carbonyl (C=O) groups is 1. The fourth-order valence-electron chi connectivity index (χ4n) is 3.59. The van der Waals surface area contributed by atoms with Gasteiger partial charge in [0.05, 0.1) is 5.92 Å². The van der Waals surface area contributed by atoms with Crippen molar-refractivity contribution in [2.45, 2.75) is 43.5 Å². The van der Waals surface area contributed by atoms with Crippen LogP contribution in [0, 0.1) is 12.8 Å². The summed E-state index contributed by atoms with van der Waals surface area (Å²) in [6.07, 6.45) is 6.80. The zero-order chi connectivity index (χ0) is 20.4. The Morgan fingerprint density at radius 1 is 1.21 bits per heavy atom. The number of nitrogens with one attached hydrogen (secondary N) is 1. The van der Waals surface area contributed by atoms with Crippen LogP contribution in [0.1, 0.15) is 42.7 Å². The average Bonchev–Trinajstić information content (AvgIpc) is 3.46. The summed E-state index contributed by atoms with van der Waals surface area (Å²) in [5.41, 5.74) is 1.25. The monoisotopic (exact) mass is 415 g/mol. The molecule has 2 heterocycles. The van der Waals surface area contributed by atoms with Crippen LogP contribution in [0.4, 0.5) is 0 Å². The SMILES string of the molecule is Cc1noc(/C=C/c2ccccc2)c1S(=O)(=O)N1CCC[C@@H](C(=O)NC2CC2)C1. The van der Waals surface area contributed by atoms with E-state index >= 15 is 0 Å². The molecule has 2 aromatic rings. The Kier molecular flexibility index (Phi) is 5.56. The summed E-state index contributed by atoms with van der Waals surface area (Å²) in [6, 6.07) is 9.83. The number of nitrogens with zero attached hydrogens (tertiary/aromatic N) is 2. The number of aromatic nitrogens is 1. The van der Waals surface area contributed by atoms with E-state index in [4.69, 9.17) is 4.52 Å². The minimum Gasteiger partial charge on any atom is -0.355 e. The smallest absolute Gasteiger partial charge is 0.248 e. The molecule has 4 rings (SSSR count). The molecule has 2 fully saturated rings. The molecule has 1 atom stereocenters. The lowest BCUT2D eigenvalue weighted by atomic mass is 9.99. The number of piperidine rings is 1. The predicted molar refractivity (Wildman–Crippen MR) is 109 cm³/mol. The fraction of sp³-hybridized carbons (Fsp3) is 0.429. The largest absolute Gasteiger partial charge is 0.355 e. The number of rotatable bonds is 6. The van der Waals surface area contributed by atoms with E-state index in [1.807, 2.05) is 30.3 Å². The van der Waals surface area contributed by atoms with Crippen LogP contribution in [0.15, 0.2) is 39.8 Å². The topological polar surface area (TPSA) is 92.5 Å². The first kappa shape index (κ1) is 19.8. The Labute approximate surface area is 170 Å². The van der Waals surface area contributed by atoms with Crippen molar-refractivity contribution in [2.24, 2.45) is 5.92 Å². The number of hydrogen-bond acceptors (Lipinski definition) is 5. The van der Waals surface area contributed by atoms with E-state index < -0.39 is 10.0 Å². The maximum Gasteiger partial charge on any atom is 0.248 e. The quantitative estimate of drug-likeness (QED) is 0.783. The first-order valence-corrected chi connectivity index (χ1v) is 11.4. The average molecular weight is 416 g/mol. The van der Waals surface area contributed by atoms with Crippen LogP contribution in [-0.4, -0.2) is 42.9 Å². The summed E-state index contributed by atoms with van der Waals surface area (Å²) in [4.78, 5) is 12.5. The molecular weight excluding hydrogens is 390 g/mol. The third-order valence-electron chi connectivity index (χ3n) is 5.34. The Morgan fingerprint density at radius 2 is 1.97 bits per heavy atom. The highest BCUT2D eigenvalue weighted by Crippen LogP contribution is 2.30. The maximum absolute atomic E-state index is 13.4. The highest BCUT2D eigenvalue weighted by atomic mass is 32.2. The molecule has 1 aliphatic heterocycles. The Bertz CT molecular complexity index is 1010. The molecule has 1 saturated heterocycles. The van der Waals surface area contributed by atoms with Gasteiger partial charge in [-0.2, -0.15) is 4.31 Å². The fourth-order valence-corrected chi connectivity index (χ4v) is 5.36. The first-order chi connectivity index (χ1) is 13.9. The van der Waals surface area contributed by atoms with Crippen LogP contribution < -0.4 is 5.32 Å². The van der Waals surface area contributed by atoms with E-state index in [2.05, 4.69) is 10.5 Å². The molecule has 8 heteroatoms. The highest BCUT2D eigenvalue weighted by Gasteiger charge is 2.37. The zero-order valence-corrected chi connectivity index (χ0v) is 17.2. The second kappa shape index (κ2) is 8.12. The van der Waals surface area contributed by atoms with Gasteiger partial charge in [0.2, 0.25) is 15.9 Å². The summed E-state index contributed by atoms with van der Waals surface area (Å²) >= 11 is 0. The van der Waals surface area contributed by atoms with Gasteiger partial charge in [-0.15, -0.1) is 0 Å². The van der Waals surface area contributed by atoms with Gasteiger partial charge < -0.3 is 9.84 Å². The molecule has 1 aliphatic carbocycles. The molecule has 1 amide bonds. The number of sulfonamides is 1. The molecule has 0 spiro atoms. The van der Waals surface area contributed by atoms with Crippen LogP contribution in [0.5, 0.6) is 0 Å². The molecule has 0 bridgehead atoms. The Morgan fingerprint density at radius 3 is 2.69 bits per heavy atom. The van der Waals surface area contributed by atoms with E-state index in [-0.39, 0.29) is 35.1 Å². The number of hydrogen-bond donors (Lipinski definition) is 1. The van der Waals surface area contributed by atoms with Crippen LogP contribution in [0.3, 0.4) is 0 Å². The molecule has 0 radical (unpaired) electrons. The molecule has 2 aliphatic rings. The Balaban J connectivity index is 1.56. The third kappa shape index (κ3) is 4.43. The summed E-state index contributed by atoms with van der Waals surface area (Å²) in [6.45, 7) is 2.20. The van der Waals surface area contributed by atoms with Crippen molar-refractivity contribution < 1.29 is 17.7 Å². The van der Waals surface area contributed by atoms with Gasteiger partial charge >= 0.3 is 0 Å². The lowest BCUT2D eigenvalue weighted by molar-refractivity contribution is -0.126. The summed E-state index contributed by atoms with van der Waals surface area (Å²) in [7, 11) is -3.82. The first-order valence-electron chi connectivity index (χ1n) is 9.95. The van der Waals surface area contributed by atoms with Gasteiger partial charge in [-0.05, 0) is 44.2 Å². The van der Waals surface area contributed by atoms with Gasteiger partial charge in [0.25, 0.3) is 0 Å². The van der Waals surface area contributed by atoms with Gasteiger partial charge in [-0.25, -0.2) is 8.42 Å². The highest BCUT2D eigenvalue weighted by molar-refractivity contribution is 7.89.